The van der Waals surface area contributed by atoms with Crippen molar-refractivity contribution in [3.05, 3.63) is 35.9 Å². The number of epoxide rings is 1. The highest BCUT2D eigenvalue weighted by atomic mass is 16.7. The molecule has 0 amide bonds. The van der Waals surface area contributed by atoms with E-state index in [1.54, 1.807) is 0 Å². The van der Waals surface area contributed by atoms with E-state index in [0.717, 1.165) is 24.8 Å². The van der Waals surface area contributed by atoms with E-state index in [2.05, 4.69) is 0 Å². The van der Waals surface area contributed by atoms with Crippen LogP contribution in [0.1, 0.15) is 38.7 Å². The molecule has 0 radical (unpaired) electrons. The van der Waals surface area contributed by atoms with Gasteiger partial charge in [0.1, 0.15) is 5.60 Å². The van der Waals surface area contributed by atoms with Gasteiger partial charge in [0.25, 0.3) is 0 Å². The molecular formula is C15H18O3. The maximum Gasteiger partial charge on any atom is 0.342 e. The lowest BCUT2D eigenvalue weighted by atomic mass is 9.89. The zero-order valence-electron chi connectivity index (χ0n) is 10.8. The van der Waals surface area contributed by atoms with Gasteiger partial charge >= 0.3 is 5.97 Å². The van der Waals surface area contributed by atoms with Crippen molar-refractivity contribution in [3.8, 4) is 0 Å². The Bertz CT molecular complexity index is 468. The van der Waals surface area contributed by atoms with Crippen molar-refractivity contribution in [1.29, 1.82) is 0 Å². The third-order valence-corrected chi connectivity index (χ3v) is 3.93. The molecule has 2 fully saturated rings. The highest BCUT2D eigenvalue weighted by Gasteiger charge is 2.78. The quantitative estimate of drug-likeness (QED) is 0.608. The van der Waals surface area contributed by atoms with Crippen LogP contribution in [-0.2, 0) is 19.9 Å². The third-order valence-electron chi connectivity index (χ3n) is 3.93. The van der Waals surface area contributed by atoms with Crippen LogP contribution in [0.3, 0.4) is 0 Å². The third kappa shape index (κ3) is 1.43. The predicted molar refractivity (Wildman–Crippen MR) is 67.0 cm³/mol. The van der Waals surface area contributed by atoms with Gasteiger partial charge in [-0.1, -0.05) is 30.3 Å². The minimum Gasteiger partial charge on any atom is -0.461 e. The second-order valence-corrected chi connectivity index (χ2v) is 5.43. The average molecular weight is 246 g/mol. The molecule has 1 aromatic carbocycles. The standard InChI is InChI=1S/C15H18O3/c1-11(2)17-13(16)15-10-6-9-14(15,18-15)12-7-4-3-5-8-12/h3-5,7-8,11H,6,9-10H2,1-2H3. The second-order valence-electron chi connectivity index (χ2n) is 5.43. The Kier molecular flexibility index (Phi) is 2.49. The summed E-state index contributed by atoms with van der Waals surface area (Å²) >= 11 is 0. The molecular weight excluding hydrogens is 228 g/mol. The topological polar surface area (TPSA) is 38.8 Å². The molecule has 96 valence electrons. The van der Waals surface area contributed by atoms with E-state index in [4.69, 9.17) is 9.47 Å². The van der Waals surface area contributed by atoms with Gasteiger partial charge in [0, 0.05) is 0 Å². The fourth-order valence-corrected chi connectivity index (χ4v) is 3.13. The molecule has 3 nitrogen and oxygen atoms in total. The molecule has 0 spiro atoms. The van der Waals surface area contributed by atoms with Crippen LogP contribution in [0.2, 0.25) is 0 Å². The fraction of sp³-hybridized carbons (Fsp3) is 0.533. The first-order chi connectivity index (χ1) is 8.61. The minimum atomic E-state index is -0.710. The summed E-state index contributed by atoms with van der Waals surface area (Å²) in [6.07, 6.45) is 2.60. The molecule has 0 aromatic heterocycles. The van der Waals surface area contributed by atoms with E-state index < -0.39 is 11.2 Å². The number of hydrogen-bond donors (Lipinski definition) is 0. The van der Waals surface area contributed by atoms with Crippen LogP contribution in [-0.4, -0.2) is 17.7 Å². The number of carbonyl (C=O) groups excluding carboxylic acids is 1. The molecule has 2 atom stereocenters. The zero-order chi connectivity index (χ0) is 12.8. The van der Waals surface area contributed by atoms with Crippen LogP contribution in [0.4, 0.5) is 0 Å². The van der Waals surface area contributed by atoms with Crippen molar-refractivity contribution in [1.82, 2.24) is 0 Å². The Hall–Kier alpha value is -1.35. The van der Waals surface area contributed by atoms with E-state index in [9.17, 15) is 4.79 Å². The molecule has 2 unspecified atom stereocenters. The molecule has 1 saturated carbocycles. The predicted octanol–water partition coefficient (Wildman–Crippen LogP) is 2.79. The van der Waals surface area contributed by atoms with Gasteiger partial charge in [0.05, 0.1) is 6.10 Å². The highest BCUT2D eigenvalue weighted by Crippen LogP contribution is 2.66. The van der Waals surface area contributed by atoms with Crippen LogP contribution < -0.4 is 0 Å². The first-order valence-electron chi connectivity index (χ1n) is 6.57. The van der Waals surface area contributed by atoms with Crippen LogP contribution >= 0.6 is 0 Å². The Morgan fingerprint density at radius 2 is 2.00 bits per heavy atom. The van der Waals surface area contributed by atoms with Gasteiger partial charge in [-0.3, -0.25) is 0 Å². The SMILES string of the molecule is CC(C)OC(=O)C12CCCC1(c1ccccc1)O2. The number of esters is 1. The Balaban J connectivity index is 1.90. The highest BCUT2D eigenvalue weighted by molar-refractivity contribution is 5.86. The molecule has 2 aliphatic rings. The van der Waals surface area contributed by atoms with Gasteiger partial charge in [-0.25, -0.2) is 4.79 Å². The maximum atomic E-state index is 12.3. The Morgan fingerprint density at radius 3 is 2.67 bits per heavy atom. The molecule has 1 aromatic rings. The van der Waals surface area contributed by atoms with E-state index in [0.29, 0.717) is 0 Å². The molecule has 1 saturated heterocycles. The number of hydrogen-bond acceptors (Lipinski definition) is 3. The number of fused-ring (bicyclic) bond motifs is 1. The fourth-order valence-electron chi connectivity index (χ4n) is 3.13. The van der Waals surface area contributed by atoms with Crippen LogP contribution in [0.15, 0.2) is 30.3 Å². The summed E-state index contributed by atoms with van der Waals surface area (Å²) in [5.41, 5.74) is -0.0259. The van der Waals surface area contributed by atoms with Gasteiger partial charge in [0.15, 0.2) is 5.60 Å². The normalized spacial score (nSPS) is 33.3. The van der Waals surface area contributed by atoms with Gasteiger partial charge in [-0.15, -0.1) is 0 Å². The first-order valence-corrected chi connectivity index (χ1v) is 6.57. The summed E-state index contributed by atoms with van der Waals surface area (Å²) in [6.45, 7) is 3.74. The number of carbonyl (C=O) groups is 1. The summed E-state index contributed by atoms with van der Waals surface area (Å²) in [7, 11) is 0. The largest absolute Gasteiger partial charge is 0.461 e. The van der Waals surface area contributed by atoms with Gasteiger partial charge < -0.3 is 9.47 Å². The van der Waals surface area contributed by atoms with Crippen LogP contribution in [0.25, 0.3) is 0 Å². The van der Waals surface area contributed by atoms with Gasteiger partial charge in [0.2, 0.25) is 0 Å². The minimum absolute atomic E-state index is 0.0925. The van der Waals surface area contributed by atoms with Gasteiger partial charge in [-0.05, 0) is 38.7 Å². The average Bonchev–Trinajstić information content (AvgIpc) is 2.89. The van der Waals surface area contributed by atoms with Crippen molar-refractivity contribution < 1.29 is 14.3 Å². The Morgan fingerprint density at radius 1 is 1.28 bits per heavy atom. The lowest BCUT2D eigenvalue weighted by molar-refractivity contribution is -0.154. The van der Waals surface area contributed by atoms with Crippen molar-refractivity contribution in [3.63, 3.8) is 0 Å². The molecule has 1 aliphatic heterocycles. The van der Waals surface area contributed by atoms with Crippen LogP contribution in [0, 0.1) is 0 Å². The molecule has 3 rings (SSSR count). The summed E-state index contributed by atoms with van der Waals surface area (Å²) in [6, 6.07) is 10.0. The second kappa shape index (κ2) is 3.82. The Labute approximate surface area is 107 Å². The van der Waals surface area contributed by atoms with Crippen molar-refractivity contribution in [2.75, 3.05) is 0 Å². The number of benzene rings is 1. The lowest BCUT2D eigenvalue weighted by Crippen LogP contribution is -2.32. The van der Waals surface area contributed by atoms with Crippen molar-refractivity contribution in [2.45, 2.75) is 50.4 Å². The molecule has 18 heavy (non-hydrogen) atoms. The smallest absolute Gasteiger partial charge is 0.342 e. The van der Waals surface area contributed by atoms with Crippen LogP contribution in [0.5, 0.6) is 0 Å². The summed E-state index contributed by atoms with van der Waals surface area (Å²) in [4.78, 5) is 12.3. The molecule has 1 aliphatic carbocycles. The number of rotatable bonds is 3. The summed E-state index contributed by atoms with van der Waals surface area (Å²) in [5, 5.41) is 0. The molecule has 3 heteroatoms. The van der Waals surface area contributed by atoms with Crippen molar-refractivity contribution >= 4 is 5.97 Å². The van der Waals surface area contributed by atoms with Gasteiger partial charge in [-0.2, -0.15) is 0 Å². The van der Waals surface area contributed by atoms with E-state index >= 15 is 0 Å². The van der Waals surface area contributed by atoms with Crippen molar-refractivity contribution in [2.24, 2.45) is 0 Å². The molecule has 0 bridgehead atoms. The number of ether oxygens (including phenoxy) is 2. The van der Waals surface area contributed by atoms with E-state index in [-0.39, 0.29) is 12.1 Å². The van der Waals surface area contributed by atoms with E-state index in [1.807, 2.05) is 44.2 Å². The molecule has 0 N–H and O–H groups in total. The summed E-state index contributed by atoms with van der Waals surface area (Å²) in [5.74, 6) is -0.196. The monoisotopic (exact) mass is 246 g/mol. The van der Waals surface area contributed by atoms with E-state index in [1.165, 1.54) is 0 Å². The zero-order valence-corrected chi connectivity index (χ0v) is 10.8. The maximum absolute atomic E-state index is 12.3. The molecule has 1 heterocycles. The first kappa shape index (κ1) is 11.7. The lowest BCUT2D eigenvalue weighted by Gasteiger charge is -2.14. The summed E-state index contributed by atoms with van der Waals surface area (Å²) < 4.78 is 11.3.